The highest BCUT2D eigenvalue weighted by Gasteiger charge is 2.28. The van der Waals surface area contributed by atoms with Gasteiger partial charge in [0.15, 0.2) is 0 Å². The van der Waals surface area contributed by atoms with Crippen LogP contribution in [0.15, 0.2) is 89.3 Å². The zero-order valence-electron chi connectivity index (χ0n) is 19.7. The average molecular weight is 469 g/mol. The summed E-state index contributed by atoms with van der Waals surface area (Å²) in [6, 6.07) is 27.2. The lowest BCUT2D eigenvalue weighted by Gasteiger charge is -2.16. The summed E-state index contributed by atoms with van der Waals surface area (Å²) < 4.78 is 17.3. The number of amides is 1. The summed E-state index contributed by atoms with van der Waals surface area (Å²) in [5, 5.41) is 0. The molecule has 6 heteroatoms. The maximum absolute atomic E-state index is 12.5. The molecule has 0 unspecified atom stereocenters. The summed E-state index contributed by atoms with van der Waals surface area (Å²) in [5.74, 6) is 3.14. The third-order valence-corrected chi connectivity index (χ3v) is 6.27. The van der Waals surface area contributed by atoms with Crippen LogP contribution < -0.4 is 9.47 Å². The van der Waals surface area contributed by atoms with Gasteiger partial charge in [-0.2, -0.15) is 0 Å². The monoisotopic (exact) mass is 468 g/mol. The summed E-state index contributed by atoms with van der Waals surface area (Å²) in [7, 11) is 0. The van der Waals surface area contributed by atoms with Crippen LogP contribution in [-0.2, 0) is 6.42 Å². The molecule has 1 aromatic heterocycles. The third-order valence-electron chi connectivity index (χ3n) is 6.27. The second-order valence-electron chi connectivity index (χ2n) is 8.67. The van der Waals surface area contributed by atoms with Crippen molar-refractivity contribution in [3.8, 4) is 23.0 Å². The van der Waals surface area contributed by atoms with Crippen molar-refractivity contribution in [2.24, 2.45) is 0 Å². The predicted octanol–water partition coefficient (Wildman–Crippen LogP) is 6.26. The Labute approximate surface area is 205 Å². The zero-order chi connectivity index (χ0) is 24.0. The highest BCUT2D eigenvalue weighted by molar-refractivity contribution is 5.71. The zero-order valence-corrected chi connectivity index (χ0v) is 19.7. The molecule has 0 radical (unpaired) electrons. The fraction of sp³-hybridized carbons (Fsp3) is 0.241. The lowest BCUT2D eigenvalue weighted by Crippen LogP contribution is -2.31. The van der Waals surface area contributed by atoms with Crippen LogP contribution in [-0.4, -0.2) is 35.7 Å². The van der Waals surface area contributed by atoms with Gasteiger partial charge in [-0.1, -0.05) is 48.5 Å². The van der Waals surface area contributed by atoms with E-state index in [0.717, 1.165) is 29.2 Å². The smallest absolute Gasteiger partial charge is 0.415 e. The summed E-state index contributed by atoms with van der Waals surface area (Å²) in [4.78, 5) is 18.9. The Hall–Kier alpha value is -4.06. The van der Waals surface area contributed by atoms with E-state index in [0.29, 0.717) is 43.7 Å². The SMILES string of the molecule is Cc1oc(-c2ccccc2)nc1CCOc1ccc([C@@H]2CCN(C(=O)Oc3ccccc3)C2)cc1. The van der Waals surface area contributed by atoms with E-state index in [1.165, 1.54) is 5.56 Å². The van der Waals surface area contributed by atoms with Gasteiger partial charge in [-0.3, -0.25) is 0 Å². The molecule has 6 nitrogen and oxygen atoms in total. The van der Waals surface area contributed by atoms with Crippen molar-refractivity contribution in [1.82, 2.24) is 9.88 Å². The lowest BCUT2D eigenvalue weighted by atomic mass is 9.98. The first-order valence-electron chi connectivity index (χ1n) is 11.9. The first kappa shape index (κ1) is 22.7. The number of para-hydroxylation sites is 1. The number of nitrogens with zero attached hydrogens (tertiary/aromatic N) is 2. The number of carbonyl (C=O) groups excluding carboxylic acids is 1. The van der Waals surface area contributed by atoms with Crippen molar-refractivity contribution in [2.45, 2.75) is 25.7 Å². The Morgan fingerprint density at radius 3 is 2.43 bits per heavy atom. The van der Waals surface area contributed by atoms with Crippen LogP contribution in [0.25, 0.3) is 11.5 Å². The van der Waals surface area contributed by atoms with Gasteiger partial charge in [-0.25, -0.2) is 9.78 Å². The number of rotatable bonds is 7. The molecule has 1 atom stereocenters. The van der Waals surface area contributed by atoms with Crippen molar-refractivity contribution < 1.29 is 18.7 Å². The lowest BCUT2D eigenvalue weighted by molar-refractivity contribution is 0.162. The number of aryl methyl sites for hydroxylation is 1. The van der Waals surface area contributed by atoms with Crippen LogP contribution >= 0.6 is 0 Å². The largest absolute Gasteiger partial charge is 0.493 e. The molecule has 1 saturated heterocycles. The Morgan fingerprint density at radius 1 is 0.971 bits per heavy atom. The molecule has 2 heterocycles. The molecule has 3 aromatic carbocycles. The number of hydrogen-bond acceptors (Lipinski definition) is 5. The van der Waals surface area contributed by atoms with E-state index in [2.05, 4.69) is 17.1 Å². The number of carbonyl (C=O) groups is 1. The molecule has 0 bridgehead atoms. The molecular formula is C29H28N2O4. The van der Waals surface area contributed by atoms with E-state index in [4.69, 9.17) is 13.9 Å². The van der Waals surface area contributed by atoms with E-state index in [-0.39, 0.29) is 6.09 Å². The molecule has 4 aromatic rings. The van der Waals surface area contributed by atoms with Gasteiger partial charge in [-0.15, -0.1) is 0 Å². The summed E-state index contributed by atoms with van der Waals surface area (Å²) in [6.45, 7) is 3.80. The summed E-state index contributed by atoms with van der Waals surface area (Å²) >= 11 is 0. The van der Waals surface area contributed by atoms with E-state index >= 15 is 0 Å². The molecule has 0 spiro atoms. The number of aromatic nitrogens is 1. The minimum atomic E-state index is -0.294. The van der Waals surface area contributed by atoms with Crippen LogP contribution in [0.5, 0.6) is 11.5 Å². The third kappa shape index (κ3) is 5.54. The Balaban J connectivity index is 1.11. The van der Waals surface area contributed by atoms with Crippen molar-refractivity contribution in [2.75, 3.05) is 19.7 Å². The van der Waals surface area contributed by atoms with E-state index in [1.807, 2.05) is 67.6 Å². The Bertz CT molecular complexity index is 1250. The van der Waals surface area contributed by atoms with Crippen LogP contribution in [0, 0.1) is 6.92 Å². The van der Waals surface area contributed by atoms with Crippen LogP contribution in [0.3, 0.4) is 0 Å². The van der Waals surface area contributed by atoms with Crippen molar-refractivity contribution >= 4 is 6.09 Å². The van der Waals surface area contributed by atoms with E-state index in [1.54, 1.807) is 17.0 Å². The van der Waals surface area contributed by atoms with Crippen LogP contribution in [0.2, 0.25) is 0 Å². The molecule has 0 N–H and O–H groups in total. The maximum atomic E-state index is 12.5. The number of ether oxygens (including phenoxy) is 2. The fourth-order valence-corrected chi connectivity index (χ4v) is 4.32. The summed E-state index contributed by atoms with van der Waals surface area (Å²) in [5.41, 5.74) is 3.08. The van der Waals surface area contributed by atoms with Crippen molar-refractivity contribution in [3.05, 3.63) is 102 Å². The van der Waals surface area contributed by atoms with Gasteiger partial charge in [0.2, 0.25) is 5.89 Å². The second-order valence-corrected chi connectivity index (χ2v) is 8.67. The van der Waals surface area contributed by atoms with Crippen molar-refractivity contribution in [1.29, 1.82) is 0 Å². The quantitative estimate of drug-likeness (QED) is 0.320. The van der Waals surface area contributed by atoms with Gasteiger partial charge in [-0.05, 0) is 55.3 Å². The topological polar surface area (TPSA) is 64.8 Å². The van der Waals surface area contributed by atoms with Crippen molar-refractivity contribution in [3.63, 3.8) is 0 Å². The normalized spacial score (nSPS) is 15.2. The molecule has 178 valence electrons. The van der Waals surface area contributed by atoms with Crippen LogP contribution in [0.1, 0.15) is 29.4 Å². The maximum Gasteiger partial charge on any atom is 0.415 e. The molecule has 0 aliphatic carbocycles. The molecule has 1 amide bonds. The van der Waals surface area contributed by atoms with Gasteiger partial charge >= 0.3 is 6.09 Å². The first-order chi connectivity index (χ1) is 17.2. The standard InChI is InChI=1S/C29H28N2O4/c1-21-27(30-28(34-21)23-8-4-2-5-9-23)17-19-33-25-14-12-22(13-15-25)24-16-18-31(20-24)29(32)35-26-10-6-3-7-11-26/h2-15,24H,16-20H2,1H3/t24-/m1/s1. The van der Waals surface area contributed by atoms with Gasteiger partial charge in [0, 0.05) is 31.0 Å². The Morgan fingerprint density at radius 2 is 1.69 bits per heavy atom. The highest BCUT2D eigenvalue weighted by atomic mass is 16.6. The van der Waals surface area contributed by atoms with Gasteiger partial charge < -0.3 is 18.8 Å². The fourth-order valence-electron chi connectivity index (χ4n) is 4.32. The second kappa shape index (κ2) is 10.5. The van der Waals surface area contributed by atoms with Crippen LogP contribution in [0.4, 0.5) is 4.79 Å². The number of hydrogen-bond donors (Lipinski definition) is 0. The summed E-state index contributed by atoms with van der Waals surface area (Å²) in [6.07, 6.45) is 1.29. The van der Waals surface area contributed by atoms with Gasteiger partial charge in [0.05, 0.1) is 12.3 Å². The molecule has 5 rings (SSSR count). The first-order valence-corrected chi connectivity index (χ1v) is 11.9. The highest BCUT2D eigenvalue weighted by Crippen LogP contribution is 2.29. The number of oxazole rings is 1. The van der Waals surface area contributed by atoms with Gasteiger partial charge in [0.25, 0.3) is 0 Å². The van der Waals surface area contributed by atoms with E-state index in [9.17, 15) is 4.79 Å². The molecule has 0 saturated carbocycles. The molecule has 1 aliphatic rings. The predicted molar refractivity (Wildman–Crippen MR) is 134 cm³/mol. The molecular weight excluding hydrogens is 440 g/mol. The number of benzene rings is 3. The van der Waals surface area contributed by atoms with E-state index < -0.39 is 0 Å². The molecule has 35 heavy (non-hydrogen) atoms. The minimum absolute atomic E-state index is 0.293. The minimum Gasteiger partial charge on any atom is -0.493 e. The molecule has 1 aliphatic heterocycles. The average Bonchev–Trinajstić information content (AvgIpc) is 3.53. The molecule has 1 fully saturated rings. The van der Waals surface area contributed by atoms with Gasteiger partial charge in [0.1, 0.15) is 17.3 Å². The number of likely N-dealkylation sites (tertiary alicyclic amines) is 1. The Kier molecular flexibility index (Phi) is 6.80.